The van der Waals surface area contributed by atoms with Crippen molar-refractivity contribution in [3.05, 3.63) is 12.2 Å². The van der Waals surface area contributed by atoms with Crippen LogP contribution in [-0.2, 0) is 11.2 Å². The van der Waals surface area contributed by atoms with Crippen molar-refractivity contribution in [1.29, 1.82) is 0 Å². The predicted octanol–water partition coefficient (Wildman–Crippen LogP) is -0.177. The van der Waals surface area contributed by atoms with E-state index < -0.39 is 0 Å². The van der Waals surface area contributed by atoms with Gasteiger partial charge in [0.2, 0.25) is 12.3 Å². The van der Waals surface area contributed by atoms with E-state index in [0.29, 0.717) is 31.4 Å². The Hall–Kier alpha value is -1.43. The Labute approximate surface area is 94.0 Å². The smallest absolute Gasteiger partial charge is 0.236 e. The Balaban J connectivity index is 1.58. The van der Waals surface area contributed by atoms with E-state index in [2.05, 4.69) is 20.0 Å². The van der Waals surface area contributed by atoms with Crippen molar-refractivity contribution >= 4 is 5.91 Å². The van der Waals surface area contributed by atoms with Gasteiger partial charge >= 0.3 is 0 Å². The average molecular weight is 224 g/mol. The van der Waals surface area contributed by atoms with Crippen molar-refractivity contribution in [3.8, 4) is 0 Å². The van der Waals surface area contributed by atoms with Crippen LogP contribution in [-0.4, -0.2) is 47.1 Å². The quantitative estimate of drug-likeness (QED) is 0.679. The third-order valence-electron chi connectivity index (χ3n) is 2.70. The summed E-state index contributed by atoms with van der Waals surface area (Å²) in [5.41, 5.74) is 0. The molecule has 1 aliphatic carbocycles. The number of nitrogens with one attached hydrogen (secondary N) is 1. The SMILES string of the molecule is CN(C(=O)CNCCc1ncon1)C1CC1. The van der Waals surface area contributed by atoms with E-state index in [1.165, 1.54) is 6.39 Å². The highest BCUT2D eigenvalue weighted by Crippen LogP contribution is 2.24. The highest BCUT2D eigenvalue weighted by Gasteiger charge is 2.28. The second-order valence-electron chi connectivity index (χ2n) is 4.01. The molecule has 6 heteroatoms. The van der Waals surface area contributed by atoms with Crippen molar-refractivity contribution in [1.82, 2.24) is 20.4 Å². The molecule has 0 aliphatic heterocycles. The lowest BCUT2D eigenvalue weighted by molar-refractivity contribution is -0.129. The van der Waals surface area contributed by atoms with Crippen molar-refractivity contribution < 1.29 is 9.32 Å². The summed E-state index contributed by atoms with van der Waals surface area (Å²) in [4.78, 5) is 17.3. The van der Waals surface area contributed by atoms with E-state index in [1.54, 1.807) is 0 Å². The van der Waals surface area contributed by atoms with Gasteiger partial charge in [-0.25, -0.2) is 0 Å². The standard InChI is InChI=1S/C10H16N4O2/c1-14(8-2-3-8)10(15)6-11-5-4-9-12-7-16-13-9/h7-8,11H,2-6H2,1H3. The molecule has 1 heterocycles. The number of aromatic nitrogens is 2. The van der Waals surface area contributed by atoms with E-state index in [4.69, 9.17) is 0 Å². The maximum Gasteiger partial charge on any atom is 0.236 e. The van der Waals surface area contributed by atoms with Crippen molar-refractivity contribution in [3.63, 3.8) is 0 Å². The zero-order chi connectivity index (χ0) is 11.4. The first-order valence-electron chi connectivity index (χ1n) is 5.49. The van der Waals surface area contributed by atoms with Crippen LogP contribution < -0.4 is 5.32 Å². The van der Waals surface area contributed by atoms with Crippen LogP contribution in [0.2, 0.25) is 0 Å². The van der Waals surface area contributed by atoms with Crippen LogP contribution in [0.3, 0.4) is 0 Å². The van der Waals surface area contributed by atoms with Gasteiger partial charge in [0.1, 0.15) is 0 Å². The van der Waals surface area contributed by atoms with Gasteiger partial charge in [0, 0.05) is 26.1 Å². The zero-order valence-corrected chi connectivity index (χ0v) is 9.35. The Morgan fingerprint density at radius 3 is 3.12 bits per heavy atom. The summed E-state index contributed by atoms with van der Waals surface area (Å²) in [5.74, 6) is 0.811. The zero-order valence-electron chi connectivity index (χ0n) is 9.35. The second-order valence-corrected chi connectivity index (χ2v) is 4.01. The van der Waals surface area contributed by atoms with Crippen LogP contribution in [0.1, 0.15) is 18.7 Å². The van der Waals surface area contributed by atoms with Gasteiger partial charge < -0.3 is 14.7 Å². The highest BCUT2D eigenvalue weighted by atomic mass is 16.5. The summed E-state index contributed by atoms with van der Waals surface area (Å²) in [5, 5.41) is 6.76. The molecule has 16 heavy (non-hydrogen) atoms. The molecule has 0 atom stereocenters. The Bertz CT molecular complexity index is 335. The summed E-state index contributed by atoms with van der Waals surface area (Å²) in [6.07, 6.45) is 4.27. The van der Waals surface area contributed by atoms with Gasteiger partial charge in [0.25, 0.3) is 0 Å². The lowest BCUT2D eigenvalue weighted by Crippen LogP contribution is -2.37. The Kier molecular flexibility index (Phi) is 3.51. The maximum atomic E-state index is 11.6. The minimum absolute atomic E-state index is 0.149. The third-order valence-corrected chi connectivity index (χ3v) is 2.70. The van der Waals surface area contributed by atoms with Crippen LogP contribution in [0.25, 0.3) is 0 Å². The normalized spacial score (nSPS) is 15.1. The van der Waals surface area contributed by atoms with E-state index in [9.17, 15) is 4.79 Å². The molecular weight excluding hydrogens is 208 g/mol. The number of nitrogens with zero attached hydrogens (tertiary/aromatic N) is 3. The van der Waals surface area contributed by atoms with Crippen molar-refractivity contribution in [2.75, 3.05) is 20.1 Å². The second kappa shape index (κ2) is 5.07. The number of hydrogen-bond donors (Lipinski definition) is 1. The molecule has 88 valence electrons. The molecule has 1 amide bonds. The van der Waals surface area contributed by atoms with E-state index in [0.717, 1.165) is 12.8 Å². The fourth-order valence-corrected chi connectivity index (χ4v) is 1.49. The average Bonchev–Trinajstić information content (AvgIpc) is 3.01. The molecule has 0 saturated heterocycles. The first-order valence-corrected chi connectivity index (χ1v) is 5.49. The molecule has 6 nitrogen and oxygen atoms in total. The monoisotopic (exact) mass is 224 g/mol. The van der Waals surface area contributed by atoms with Crippen molar-refractivity contribution in [2.45, 2.75) is 25.3 Å². The molecular formula is C10H16N4O2. The lowest BCUT2D eigenvalue weighted by atomic mass is 10.4. The van der Waals surface area contributed by atoms with Crippen LogP contribution in [0, 0.1) is 0 Å². The molecule has 0 spiro atoms. The maximum absolute atomic E-state index is 11.6. The van der Waals surface area contributed by atoms with E-state index in [1.807, 2.05) is 11.9 Å². The number of rotatable bonds is 6. The highest BCUT2D eigenvalue weighted by molar-refractivity contribution is 5.78. The predicted molar refractivity (Wildman–Crippen MR) is 56.7 cm³/mol. The van der Waals surface area contributed by atoms with Gasteiger partial charge in [-0.05, 0) is 12.8 Å². The molecule has 1 aromatic heterocycles. The van der Waals surface area contributed by atoms with Crippen LogP contribution in [0.5, 0.6) is 0 Å². The lowest BCUT2D eigenvalue weighted by Gasteiger charge is -2.16. The fourth-order valence-electron chi connectivity index (χ4n) is 1.49. The molecule has 0 bridgehead atoms. The van der Waals surface area contributed by atoms with Crippen LogP contribution >= 0.6 is 0 Å². The number of likely N-dealkylation sites (N-methyl/N-ethyl adjacent to an activating group) is 1. The topological polar surface area (TPSA) is 71.3 Å². The molecule has 0 unspecified atom stereocenters. The fraction of sp³-hybridized carbons (Fsp3) is 0.700. The van der Waals surface area contributed by atoms with Crippen LogP contribution in [0.15, 0.2) is 10.9 Å². The van der Waals surface area contributed by atoms with Gasteiger partial charge in [-0.3, -0.25) is 4.79 Å². The van der Waals surface area contributed by atoms with Gasteiger partial charge in [-0.1, -0.05) is 5.16 Å². The Morgan fingerprint density at radius 1 is 1.69 bits per heavy atom. The first-order chi connectivity index (χ1) is 7.77. The number of hydrogen-bond acceptors (Lipinski definition) is 5. The number of amides is 1. The molecule has 1 aromatic rings. The van der Waals surface area contributed by atoms with Crippen molar-refractivity contribution in [2.24, 2.45) is 0 Å². The first kappa shape index (κ1) is 11.1. The van der Waals surface area contributed by atoms with Gasteiger partial charge in [-0.15, -0.1) is 0 Å². The molecule has 1 N–H and O–H groups in total. The van der Waals surface area contributed by atoms with Gasteiger partial charge in [0.15, 0.2) is 5.82 Å². The number of carbonyl (C=O) groups is 1. The summed E-state index contributed by atoms with van der Waals surface area (Å²) >= 11 is 0. The molecule has 2 rings (SSSR count). The largest absolute Gasteiger partial charge is 0.343 e. The van der Waals surface area contributed by atoms with Gasteiger partial charge in [0.05, 0.1) is 6.54 Å². The minimum Gasteiger partial charge on any atom is -0.343 e. The molecule has 0 radical (unpaired) electrons. The Morgan fingerprint density at radius 2 is 2.50 bits per heavy atom. The molecule has 1 saturated carbocycles. The molecule has 1 fully saturated rings. The van der Waals surface area contributed by atoms with E-state index >= 15 is 0 Å². The molecule has 1 aliphatic rings. The summed E-state index contributed by atoms with van der Waals surface area (Å²) in [6.45, 7) is 1.06. The van der Waals surface area contributed by atoms with Crippen LogP contribution in [0.4, 0.5) is 0 Å². The summed E-state index contributed by atoms with van der Waals surface area (Å²) in [6, 6.07) is 0.478. The van der Waals surface area contributed by atoms with E-state index in [-0.39, 0.29) is 5.91 Å². The van der Waals surface area contributed by atoms with Gasteiger partial charge in [-0.2, -0.15) is 4.98 Å². The third kappa shape index (κ3) is 3.03. The minimum atomic E-state index is 0.149. The number of carbonyl (C=O) groups excluding carboxylic acids is 1. The summed E-state index contributed by atoms with van der Waals surface area (Å²) < 4.78 is 4.61. The molecule has 0 aromatic carbocycles. The summed E-state index contributed by atoms with van der Waals surface area (Å²) in [7, 11) is 1.86.